The minimum atomic E-state index is -0.232. The highest BCUT2D eigenvalue weighted by Gasteiger charge is 2.06. The number of nitrogens with zero attached hydrogens (tertiary/aromatic N) is 3. The number of anilines is 1. The first-order valence-electron chi connectivity index (χ1n) is 3.50. The van der Waals surface area contributed by atoms with Crippen LogP contribution >= 0.6 is 22.9 Å². The Morgan fingerprint density at radius 2 is 2.46 bits per heavy atom. The average Bonchev–Trinajstić information content (AvgIpc) is 2.48. The minimum Gasteiger partial charge on any atom is -0.318 e. The molecule has 6 nitrogen and oxygen atoms in total. The Morgan fingerprint density at radius 1 is 1.69 bits per heavy atom. The fourth-order valence-corrected chi connectivity index (χ4v) is 1.32. The zero-order chi connectivity index (χ0) is 9.42. The molecule has 0 aliphatic carbocycles. The molecule has 0 bridgehead atoms. The maximum Gasteiger partial charge on any atom is 0.280 e. The molecule has 68 valence electrons. The van der Waals surface area contributed by atoms with E-state index in [0.717, 1.165) is 0 Å². The fraction of sp³-hybridized carbons (Fsp3) is 0.167. The largest absolute Gasteiger partial charge is 0.318 e. The Bertz CT molecular complexity index is 501. The highest BCUT2D eigenvalue weighted by Crippen LogP contribution is 2.06. The van der Waals surface area contributed by atoms with Crippen molar-refractivity contribution in [3.05, 3.63) is 16.7 Å². The van der Waals surface area contributed by atoms with E-state index < -0.39 is 0 Å². The van der Waals surface area contributed by atoms with E-state index in [9.17, 15) is 4.79 Å². The molecule has 7 heteroatoms. The highest BCUT2D eigenvalue weighted by molar-refractivity contribution is 14.1. The summed E-state index contributed by atoms with van der Waals surface area (Å²) in [5, 5.41) is 0. The van der Waals surface area contributed by atoms with E-state index in [4.69, 9.17) is 0 Å². The minimum absolute atomic E-state index is 0.232. The molecule has 0 aliphatic heterocycles. The molecule has 2 rings (SSSR count). The number of hydrogen-bond donors (Lipinski definition) is 2. The van der Waals surface area contributed by atoms with Gasteiger partial charge in [-0.25, -0.2) is 4.98 Å². The van der Waals surface area contributed by atoms with Gasteiger partial charge in [0.2, 0.25) is 5.95 Å². The van der Waals surface area contributed by atoms with Crippen molar-refractivity contribution < 1.29 is 0 Å². The van der Waals surface area contributed by atoms with Crippen molar-refractivity contribution in [3.63, 3.8) is 0 Å². The molecule has 0 radical (unpaired) electrons. The number of fused-ring (bicyclic) bond motifs is 1. The molecule has 2 aromatic heterocycles. The molecule has 0 saturated carbocycles. The summed E-state index contributed by atoms with van der Waals surface area (Å²) in [4.78, 5) is 22.0. The highest BCUT2D eigenvalue weighted by atomic mass is 127. The quantitative estimate of drug-likeness (QED) is 0.590. The normalized spacial score (nSPS) is 10.6. The van der Waals surface area contributed by atoms with Gasteiger partial charge in [-0.05, 0) is 0 Å². The third kappa shape index (κ3) is 1.28. The van der Waals surface area contributed by atoms with Gasteiger partial charge < -0.3 is 4.57 Å². The molecule has 2 aromatic rings. The van der Waals surface area contributed by atoms with Crippen molar-refractivity contribution in [1.82, 2.24) is 19.5 Å². The Morgan fingerprint density at radius 3 is 3.15 bits per heavy atom. The summed E-state index contributed by atoms with van der Waals surface area (Å²) < 4.78 is 4.44. The summed E-state index contributed by atoms with van der Waals surface area (Å²) in [6.45, 7) is 0. The Kier molecular flexibility index (Phi) is 1.94. The molecule has 0 aliphatic rings. The van der Waals surface area contributed by atoms with Crippen molar-refractivity contribution in [1.29, 1.82) is 0 Å². The summed E-state index contributed by atoms with van der Waals surface area (Å²) in [7, 11) is 1.79. The molecule has 0 unspecified atom stereocenters. The summed E-state index contributed by atoms with van der Waals surface area (Å²) >= 11 is 1.90. The molecule has 0 aromatic carbocycles. The molecule has 0 atom stereocenters. The van der Waals surface area contributed by atoms with Gasteiger partial charge in [-0.2, -0.15) is 4.98 Å². The van der Waals surface area contributed by atoms with Gasteiger partial charge in [0.05, 0.1) is 29.2 Å². The number of rotatable bonds is 1. The second kappa shape index (κ2) is 2.98. The van der Waals surface area contributed by atoms with Crippen LogP contribution in [0.2, 0.25) is 0 Å². The van der Waals surface area contributed by atoms with Crippen LogP contribution in [0.1, 0.15) is 0 Å². The third-order valence-electron chi connectivity index (χ3n) is 1.66. The number of aryl methyl sites for hydroxylation is 1. The van der Waals surface area contributed by atoms with Crippen LogP contribution in [-0.2, 0) is 7.05 Å². The van der Waals surface area contributed by atoms with Crippen LogP contribution in [0.25, 0.3) is 11.2 Å². The second-order valence-corrected chi connectivity index (χ2v) is 3.08. The molecule has 0 fully saturated rings. The van der Waals surface area contributed by atoms with E-state index in [-0.39, 0.29) is 5.56 Å². The maximum atomic E-state index is 11.4. The molecular weight excluding hydrogens is 285 g/mol. The summed E-state index contributed by atoms with van der Waals surface area (Å²) in [5.74, 6) is 0.432. The van der Waals surface area contributed by atoms with Gasteiger partial charge in [-0.1, -0.05) is 0 Å². The number of aromatic amines is 1. The van der Waals surface area contributed by atoms with Gasteiger partial charge >= 0.3 is 0 Å². The number of imidazole rings is 1. The Balaban J connectivity index is 2.88. The number of nitrogens with one attached hydrogen (secondary N) is 2. The lowest BCUT2D eigenvalue weighted by Crippen LogP contribution is -2.10. The Labute approximate surface area is 86.9 Å². The van der Waals surface area contributed by atoms with Crippen LogP contribution in [-0.4, -0.2) is 19.5 Å². The van der Waals surface area contributed by atoms with E-state index in [1.54, 1.807) is 17.9 Å². The van der Waals surface area contributed by atoms with Crippen LogP contribution in [0.4, 0.5) is 5.95 Å². The lowest BCUT2D eigenvalue weighted by atomic mass is 10.5. The van der Waals surface area contributed by atoms with E-state index in [1.165, 1.54) is 0 Å². The zero-order valence-corrected chi connectivity index (χ0v) is 8.86. The predicted molar refractivity (Wildman–Crippen MR) is 56.8 cm³/mol. The first kappa shape index (κ1) is 8.48. The van der Waals surface area contributed by atoms with Crippen molar-refractivity contribution in [2.45, 2.75) is 0 Å². The summed E-state index contributed by atoms with van der Waals surface area (Å²) in [6.07, 6.45) is 1.56. The molecule has 2 heterocycles. The van der Waals surface area contributed by atoms with Gasteiger partial charge in [0.15, 0.2) is 11.2 Å². The fourth-order valence-electron chi connectivity index (χ4n) is 1.06. The van der Waals surface area contributed by atoms with Crippen molar-refractivity contribution >= 4 is 40.0 Å². The van der Waals surface area contributed by atoms with E-state index in [2.05, 4.69) is 18.5 Å². The lowest BCUT2D eigenvalue weighted by molar-refractivity contribution is 0.929. The number of hydrogen-bond acceptors (Lipinski definition) is 4. The average molecular weight is 291 g/mol. The summed E-state index contributed by atoms with van der Waals surface area (Å²) in [5.41, 5.74) is 0.700. The third-order valence-corrected chi connectivity index (χ3v) is 2.17. The first-order chi connectivity index (χ1) is 6.22. The van der Waals surface area contributed by atoms with E-state index >= 15 is 0 Å². The topological polar surface area (TPSA) is 75.6 Å². The van der Waals surface area contributed by atoms with Crippen LogP contribution in [0.15, 0.2) is 11.1 Å². The molecule has 0 amide bonds. The molecule has 0 spiro atoms. The maximum absolute atomic E-state index is 11.4. The smallest absolute Gasteiger partial charge is 0.280 e. The number of halogens is 1. The van der Waals surface area contributed by atoms with E-state index in [0.29, 0.717) is 17.1 Å². The SMILES string of the molecule is Cn1cnc2c(=O)[nH]c(NI)nc21. The van der Waals surface area contributed by atoms with Crippen molar-refractivity contribution in [3.8, 4) is 0 Å². The first-order valence-corrected chi connectivity index (χ1v) is 4.58. The van der Waals surface area contributed by atoms with Crippen LogP contribution < -0.4 is 9.09 Å². The molecule has 2 N–H and O–H groups in total. The lowest BCUT2D eigenvalue weighted by Gasteiger charge is -1.97. The van der Waals surface area contributed by atoms with Crippen molar-refractivity contribution in [2.75, 3.05) is 3.53 Å². The van der Waals surface area contributed by atoms with E-state index in [1.807, 2.05) is 22.9 Å². The number of aromatic nitrogens is 4. The standard InChI is InChI=1S/C6H6IN5O/c1-12-2-8-3-4(12)9-6(11-7)10-5(3)13/h2H,1H3,(H2,9,10,11,13). The Hall–Kier alpha value is -1.12. The molecule has 13 heavy (non-hydrogen) atoms. The van der Waals surface area contributed by atoms with Gasteiger partial charge in [0.25, 0.3) is 5.56 Å². The van der Waals surface area contributed by atoms with Gasteiger partial charge in [-0.15, -0.1) is 0 Å². The van der Waals surface area contributed by atoms with Crippen LogP contribution in [0.5, 0.6) is 0 Å². The monoisotopic (exact) mass is 291 g/mol. The van der Waals surface area contributed by atoms with Gasteiger partial charge in [0.1, 0.15) is 0 Å². The van der Waals surface area contributed by atoms with Gasteiger partial charge in [-0.3, -0.25) is 13.3 Å². The van der Waals surface area contributed by atoms with Gasteiger partial charge in [0, 0.05) is 7.05 Å². The predicted octanol–water partition coefficient (Wildman–Crippen LogP) is 0.419. The van der Waals surface area contributed by atoms with Crippen LogP contribution in [0.3, 0.4) is 0 Å². The zero-order valence-electron chi connectivity index (χ0n) is 6.71. The molecule has 0 saturated heterocycles. The summed E-state index contributed by atoms with van der Waals surface area (Å²) in [6, 6.07) is 0. The number of H-pyrrole nitrogens is 1. The van der Waals surface area contributed by atoms with Crippen LogP contribution in [0, 0.1) is 0 Å². The second-order valence-electron chi connectivity index (χ2n) is 2.54. The van der Waals surface area contributed by atoms with Crippen molar-refractivity contribution in [2.24, 2.45) is 7.05 Å². The molecular formula is C6H6IN5O.